The van der Waals surface area contributed by atoms with E-state index in [1.165, 1.54) is 0 Å². The van der Waals surface area contributed by atoms with Crippen molar-refractivity contribution in [1.29, 1.82) is 0 Å². The molecule has 0 aliphatic carbocycles. The van der Waals surface area contributed by atoms with Crippen molar-refractivity contribution in [1.82, 2.24) is 10.2 Å². The predicted molar refractivity (Wildman–Crippen MR) is 96.0 cm³/mol. The lowest BCUT2D eigenvalue weighted by atomic mass is 10.0. The van der Waals surface area contributed by atoms with Crippen LogP contribution in [0.4, 0.5) is 0 Å². The molecule has 136 valence electrons. The second kappa shape index (κ2) is 9.13. The fourth-order valence-corrected chi connectivity index (χ4v) is 2.65. The summed E-state index contributed by atoms with van der Waals surface area (Å²) in [6, 6.07) is 9.54. The summed E-state index contributed by atoms with van der Waals surface area (Å²) in [4.78, 5) is 14.2. The molecule has 1 N–H and O–H groups in total. The van der Waals surface area contributed by atoms with E-state index in [9.17, 15) is 4.79 Å². The maximum Gasteiger partial charge on any atom is 0.220 e. The van der Waals surface area contributed by atoms with Crippen molar-refractivity contribution in [3.05, 3.63) is 47.9 Å². The Bertz CT molecular complexity index is 668. The molecule has 1 amide bonds. The Morgan fingerprint density at radius 1 is 1.20 bits per heavy atom. The molecule has 0 radical (unpaired) electrons. The summed E-state index contributed by atoms with van der Waals surface area (Å²) in [6.07, 6.45) is 2.62. The Kier molecular flexibility index (Phi) is 6.89. The molecule has 1 unspecified atom stereocenters. The highest BCUT2D eigenvalue weighted by Crippen LogP contribution is 2.31. The molecule has 1 atom stereocenters. The summed E-state index contributed by atoms with van der Waals surface area (Å²) < 4.78 is 15.9. The van der Waals surface area contributed by atoms with E-state index in [0.717, 1.165) is 11.3 Å². The predicted octanol–water partition coefficient (Wildman–Crippen LogP) is 2.65. The highest BCUT2D eigenvalue weighted by molar-refractivity contribution is 5.76. The molecule has 1 aromatic carbocycles. The summed E-state index contributed by atoms with van der Waals surface area (Å²) in [5.74, 6) is 2.19. The zero-order valence-corrected chi connectivity index (χ0v) is 15.2. The van der Waals surface area contributed by atoms with Crippen molar-refractivity contribution >= 4 is 5.91 Å². The van der Waals surface area contributed by atoms with E-state index in [1.54, 1.807) is 20.5 Å². The molecule has 1 heterocycles. The lowest BCUT2D eigenvalue weighted by molar-refractivity contribution is -0.121. The fraction of sp³-hybridized carbons (Fsp3) is 0.421. The molecule has 1 aromatic heterocycles. The minimum absolute atomic E-state index is 0.00345. The van der Waals surface area contributed by atoms with Gasteiger partial charge in [0.2, 0.25) is 5.91 Å². The van der Waals surface area contributed by atoms with Gasteiger partial charge in [-0.05, 0) is 43.9 Å². The van der Waals surface area contributed by atoms with Crippen LogP contribution in [0.5, 0.6) is 11.5 Å². The van der Waals surface area contributed by atoms with Gasteiger partial charge in [0.15, 0.2) is 11.5 Å². The molecule has 0 bridgehead atoms. The highest BCUT2D eigenvalue weighted by atomic mass is 16.5. The first-order valence-electron chi connectivity index (χ1n) is 8.22. The highest BCUT2D eigenvalue weighted by Gasteiger charge is 2.17. The first kappa shape index (κ1) is 18.9. The van der Waals surface area contributed by atoms with Crippen LogP contribution in [0.25, 0.3) is 0 Å². The number of nitrogens with one attached hydrogen (secondary N) is 1. The van der Waals surface area contributed by atoms with Gasteiger partial charge in [0.05, 0.1) is 26.5 Å². The SMILES string of the molecule is COc1ccc(C(CNC(=O)CCc2ccco2)N(C)C)cc1OC. The van der Waals surface area contributed by atoms with Crippen molar-refractivity contribution < 1.29 is 18.7 Å². The minimum Gasteiger partial charge on any atom is -0.493 e. The van der Waals surface area contributed by atoms with Crippen molar-refractivity contribution in [3.8, 4) is 11.5 Å². The molecule has 0 saturated heterocycles. The van der Waals surface area contributed by atoms with Gasteiger partial charge in [-0.2, -0.15) is 0 Å². The number of hydrogen-bond acceptors (Lipinski definition) is 5. The Morgan fingerprint density at radius 2 is 1.96 bits per heavy atom. The first-order chi connectivity index (χ1) is 12.0. The lowest BCUT2D eigenvalue weighted by Crippen LogP contribution is -2.34. The Balaban J connectivity index is 1.97. The molecule has 25 heavy (non-hydrogen) atoms. The summed E-state index contributed by atoms with van der Waals surface area (Å²) in [6.45, 7) is 0.513. The molecule has 0 spiro atoms. The van der Waals surface area contributed by atoms with Gasteiger partial charge in [-0.25, -0.2) is 0 Å². The Hall–Kier alpha value is -2.47. The van der Waals surface area contributed by atoms with E-state index >= 15 is 0 Å². The van der Waals surface area contributed by atoms with Crippen LogP contribution in [0.1, 0.15) is 23.8 Å². The average molecular weight is 346 g/mol. The maximum absolute atomic E-state index is 12.1. The largest absolute Gasteiger partial charge is 0.493 e. The zero-order valence-electron chi connectivity index (χ0n) is 15.2. The quantitative estimate of drug-likeness (QED) is 0.756. The number of nitrogens with zero attached hydrogens (tertiary/aromatic N) is 1. The number of furan rings is 1. The second-order valence-electron chi connectivity index (χ2n) is 5.98. The molecule has 2 rings (SSSR count). The van der Waals surface area contributed by atoms with E-state index in [2.05, 4.69) is 10.2 Å². The third-order valence-electron chi connectivity index (χ3n) is 4.09. The number of amides is 1. The van der Waals surface area contributed by atoms with E-state index in [4.69, 9.17) is 13.9 Å². The number of benzene rings is 1. The molecule has 6 nitrogen and oxygen atoms in total. The molecule has 2 aromatic rings. The van der Waals surface area contributed by atoms with Crippen LogP contribution >= 0.6 is 0 Å². The number of hydrogen-bond donors (Lipinski definition) is 1. The van der Waals surface area contributed by atoms with Crippen molar-refractivity contribution in [2.45, 2.75) is 18.9 Å². The molecule has 0 fully saturated rings. The summed E-state index contributed by atoms with van der Waals surface area (Å²) in [5.41, 5.74) is 1.05. The van der Waals surface area contributed by atoms with Crippen LogP contribution in [0.2, 0.25) is 0 Å². The van der Waals surface area contributed by atoms with Gasteiger partial charge in [-0.1, -0.05) is 6.07 Å². The minimum atomic E-state index is 0.00345. The molecule has 0 aliphatic rings. The maximum atomic E-state index is 12.1. The van der Waals surface area contributed by atoms with Gasteiger partial charge >= 0.3 is 0 Å². The van der Waals surface area contributed by atoms with Crippen LogP contribution in [-0.4, -0.2) is 45.7 Å². The number of carbonyl (C=O) groups excluding carboxylic acids is 1. The van der Waals surface area contributed by atoms with Crippen LogP contribution in [0.15, 0.2) is 41.0 Å². The lowest BCUT2D eigenvalue weighted by Gasteiger charge is -2.26. The van der Waals surface area contributed by atoms with Gasteiger partial charge in [0, 0.05) is 19.4 Å². The smallest absolute Gasteiger partial charge is 0.220 e. The first-order valence-corrected chi connectivity index (χ1v) is 8.22. The third kappa shape index (κ3) is 5.26. The van der Waals surface area contributed by atoms with Gasteiger partial charge in [0.1, 0.15) is 5.76 Å². The summed E-state index contributed by atoms with van der Waals surface area (Å²) >= 11 is 0. The number of ether oxygens (including phenoxy) is 2. The standard InChI is InChI=1S/C19H26N2O4/c1-21(2)16(14-7-9-17(23-3)18(12-14)24-4)13-20-19(22)10-8-15-6-5-11-25-15/h5-7,9,11-12,16H,8,10,13H2,1-4H3,(H,20,22). The van der Waals surface area contributed by atoms with Gasteiger partial charge in [0.25, 0.3) is 0 Å². The molecular weight excluding hydrogens is 320 g/mol. The number of rotatable bonds is 9. The van der Waals surface area contributed by atoms with Crippen LogP contribution < -0.4 is 14.8 Å². The molecular formula is C19H26N2O4. The number of methoxy groups -OCH3 is 2. The monoisotopic (exact) mass is 346 g/mol. The number of likely N-dealkylation sites (N-methyl/N-ethyl adjacent to an activating group) is 1. The van der Waals surface area contributed by atoms with E-state index in [-0.39, 0.29) is 11.9 Å². The van der Waals surface area contributed by atoms with Gasteiger partial charge in [-0.15, -0.1) is 0 Å². The molecule has 0 saturated carbocycles. The average Bonchev–Trinajstić information content (AvgIpc) is 3.13. The van der Waals surface area contributed by atoms with Crippen LogP contribution in [0, 0.1) is 0 Å². The Labute approximate surface area is 148 Å². The topological polar surface area (TPSA) is 63.9 Å². The van der Waals surface area contributed by atoms with Crippen LogP contribution in [0.3, 0.4) is 0 Å². The normalized spacial score (nSPS) is 12.0. The van der Waals surface area contributed by atoms with Crippen molar-refractivity contribution in [2.24, 2.45) is 0 Å². The van der Waals surface area contributed by atoms with E-state index in [1.807, 2.05) is 44.4 Å². The van der Waals surface area contributed by atoms with Crippen molar-refractivity contribution in [3.63, 3.8) is 0 Å². The van der Waals surface area contributed by atoms with Gasteiger partial charge < -0.3 is 24.1 Å². The molecule has 0 aliphatic heterocycles. The van der Waals surface area contributed by atoms with Crippen molar-refractivity contribution in [2.75, 3.05) is 34.9 Å². The van der Waals surface area contributed by atoms with E-state index < -0.39 is 0 Å². The Morgan fingerprint density at radius 3 is 2.56 bits per heavy atom. The molecule has 6 heteroatoms. The third-order valence-corrected chi connectivity index (χ3v) is 4.09. The number of carbonyl (C=O) groups is 1. The number of aryl methyl sites for hydroxylation is 1. The summed E-state index contributed by atoms with van der Waals surface area (Å²) in [5, 5.41) is 3.00. The second-order valence-corrected chi connectivity index (χ2v) is 5.98. The zero-order chi connectivity index (χ0) is 18.2. The van der Waals surface area contributed by atoms with Gasteiger partial charge in [-0.3, -0.25) is 4.79 Å². The fourth-order valence-electron chi connectivity index (χ4n) is 2.65. The van der Waals surface area contributed by atoms with E-state index in [0.29, 0.717) is 30.9 Å². The van der Waals surface area contributed by atoms with Crippen LogP contribution in [-0.2, 0) is 11.2 Å². The summed E-state index contributed by atoms with van der Waals surface area (Å²) in [7, 11) is 7.19.